The number of likely N-dealkylation sites (tertiary alicyclic amines) is 1. The highest BCUT2D eigenvalue weighted by molar-refractivity contribution is 8.10. The van der Waals surface area contributed by atoms with E-state index in [-0.39, 0.29) is 18.0 Å². The van der Waals surface area contributed by atoms with E-state index in [0.717, 1.165) is 43.8 Å². The molecule has 2 amide bonds. The maximum Gasteiger partial charge on any atom is 0.222 e. The Labute approximate surface area is 220 Å². The van der Waals surface area contributed by atoms with Crippen LogP contribution in [0.25, 0.3) is 4.91 Å². The van der Waals surface area contributed by atoms with E-state index in [2.05, 4.69) is 58.6 Å². The van der Waals surface area contributed by atoms with Crippen LogP contribution >= 0.6 is 11.8 Å². The van der Waals surface area contributed by atoms with E-state index in [9.17, 15) is 9.59 Å². The van der Waals surface area contributed by atoms with Crippen LogP contribution in [-0.2, 0) is 9.59 Å². The molecule has 0 radical (unpaired) electrons. The summed E-state index contributed by atoms with van der Waals surface area (Å²) in [7, 11) is 0. The second-order valence-corrected chi connectivity index (χ2v) is 10.1. The molecule has 0 saturated carbocycles. The number of benzene rings is 1. The van der Waals surface area contributed by atoms with Gasteiger partial charge < -0.3 is 16.0 Å². The topological polar surface area (TPSA) is 75.4 Å². The number of thioether (sulfide) groups is 1. The maximum absolute atomic E-state index is 11.3. The van der Waals surface area contributed by atoms with E-state index < -0.39 is 0 Å². The number of hydrogen-bond acceptors (Lipinski definition) is 4. The van der Waals surface area contributed by atoms with E-state index in [4.69, 9.17) is 5.73 Å². The summed E-state index contributed by atoms with van der Waals surface area (Å²) in [6, 6.07) is 8.51. The molecule has 0 spiro atoms. The fourth-order valence-corrected chi connectivity index (χ4v) is 3.74. The zero-order valence-electron chi connectivity index (χ0n) is 23.7. The lowest BCUT2D eigenvalue weighted by Gasteiger charge is -2.14. The predicted molar refractivity (Wildman–Crippen MR) is 156 cm³/mol. The lowest BCUT2D eigenvalue weighted by Crippen LogP contribution is -2.31. The molecule has 1 heterocycles. The Bertz CT molecular complexity index is 738. The molecule has 1 aromatic rings. The zero-order chi connectivity index (χ0) is 27.4. The van der Waals surface area contributed by atoms with Crippen molar-refractivity contribution in [2.24, 2.45) is 11.7 Å². The van der Waals surface area contributed by atoms with Gasteiger partial charge in [0.1, 0.15) is 0 Å². The van der Waals surface area contributed by atoms with Crippen molar-refractivity contribution in [1.82, 2.24) is 10.2 Å². The van der Waals surface area contributed by atoms with Gasteiger partial charge in [-0.1, -0.05) is 89.7 Å². The monoisotopic (exact) mass is 505 g/mol. The van der Waals surface area contributed by atoms with Gasteiger partial charge in [-0.15, -0.1) is 0 Å². The van der Waals surface area contributed by atoms with Crippen molar-refractivity contribution in [2.45, 2.75) is 93.7 Å². The quantitative estimate of drug-likeness (QED) is 0.368. The molecule has 5 nitrogen and oxygen atoms in total. The van der Waals surface area contributed by atoms with E-state index in [1.165, 1.54) is 16.0 Å². The van der Waals surface area contributed by atoms with Crippen LogP contribution in [-0.4, -0.2) is 36.3 Å². The van der Waals surface area contributed by atoms with E-state index in [1.807, 2.05) is 50.1 Å². The fraction of sp³-hybridized carbons (Fsp3) is 0.586. The smallest absolute Gasteiger partial charge is 0.222 e. The highest BCUT2D eigenvalue weighted by Crippen LogP contribution is 2.31. The number of rotatable bonds is 8. The molecule has 2 atom stereocenters. The number of carbonyl (C=O) groups excluding carboxylic acids is 2. The number of carbonyl (C=O) groups is 2. The summed E-state index contributed by atoms with van der Waals surface area (Å²) in [5.74, 6) is 1.10. The van der Waals surface area contributed by atoms with Gasteiger partial charge in [0.25, 0.3) is 0 Å². The lowest BCUT2D eigenvalue weighted by atomic mass is 10.0. The molecule has 0 bridgehead atoms. The Kier molecular flexibility index (Phi) is 21.3. The average molecular weight is 506 g/mol. The van der Waals surface area contributed by atoms with Crippen LogP contribution in [0, 0.1) is 5.92 Å². The second-order valence-electron chi connectivity index (χ2n) is 9.11. The molecular formula is C29H51N3O2S. The molecule has 1 saturated heterocycles. The molecular weight excluding hydrogens is 454 g/mol. The van der Waals surface area contributed by atoms with E-state index in [1.54, 1.807) is 11.8 Å². The molecule has 2 unspecified atom stereocenters. The summed E-state index contributed by atoms with van der Waals surface area (Å²) in [5, 5.41) is 4.58. The largest absolute Gasteiger partial charge is 0.352 e. The first-order chi connectivity index (χ1) is 16.6. The minimum atomic E-state index is 0.0405. The molecule has 200 valence electrons. The molecule has 1 aliphatic heterocycles. The van der Waals surface area contributed by atoms with Gasteiger partial charge in [0.2, 0.25) is 12.3 Å². The van der Waals surface area contributed by atoms with Crippen molar-refractivity contribution in [3.05, 3.63) is 53.0 Å². The molecule has 3 N–H and O–H groups in total. The summed E-state index contributed by atoms with van der Waals surface area (Å²) in [6.45, 7) is 24.1. The van der Waals surface area contributed by atoms with Crippen LogP contribution in [0.15, 0.2) is 41.8 Å². The second kappa shape index (κ2) is 21.3. The van der Waals surface area contributed by atoms with Crippen LogP contribution in [0.2, 0.25) is 0 Å². The molecule has 1 fully saturated rings. The van der Waals surface area contributed by atoms with Crippen LogP contribution in [0.4, 0.5) is 0 Å². The summed E-state index contributed by atoms with van der Waals surface area (Å²) in [4.78, 5) is 24.8. The third kappa shape index (κ3) is 16.3. The van der Waals surface area contributed by atoms with Gasteiger partial charge in [0.15, 0.2) is 0 Å². The van der Waals surface area contributed by atoms with Crippen LogP contribution in [0.5, 0.6) is 0 Å². The Morgan fingerprint density at radius 3 is 2.11 bits per heavy atom. The Morgan fingerprint density at radius 2 is 1.74 bits per heavy atom. The van der Waals surface area contributed by atoms with Crippen LogP contribution < -0.4 is 11.1 Å². The summed E-state index contributed by atoms with van der Waals surface area (Å²) >= 11 is 1.63. The van der Waals surface area contributed by atoms with Crippen molar-refractivity contribution >= 4 is 29.0 Å². The predicted octanol–water partition coefficient (Wildman–Crippen LogP) is 7.16. The van der Waals surface area contributed by atoms with Gasteiger partial charge >= 0.3 is 0 Å². The first kappa shape index (κ1) is 35.1. The number of nitrogens with zero attached hydrogens (tertiary/aromatic N) is 1. The Balaban J connectivity index is 0. The third-order valence-corrected chi connectivity index (χ3v) is 5.73. The number of hydrogen-bond donors (Lipinski definition) is 2. The maximum atomic E-state index is 11.3. The van der Waals surface area contributed by atoms with Crippen molar-refractivity contribution in [3.8, 4) is 0 Å². The van der Waals surface area contributed by atoms with Crippen molar-refractivity contribution in [1.29, 1.82) is 0 Å². The fourth-order valence-electron chi connectivity index (χ4n) is 3.07. The Morgan fingerprint density at radius 1 is 1.20 bits per heavy atom. The SMILES string of the molecule is C=CSC(=C(C)C)c1ccc(C(C)NC=O)cc1.CC.CC(C)C.CCCC(=O)N1CCC(N)C1. The summed E-state index contributed by atoms with van der Waals surface area (Å²) < 4.78 is 0. The van der Waals surface area contributed by atoms with Crippen molar-refractivity contribution in [3.63, 3.8) is 0 Å². The molecule has 35 heavy (non-hydrogen) atoms. The number of amides is 2. The van der Waals surface area contributed by atoms with Crippen molar-refractivity contribution < 1.29 is 9.59 Å². The molecule has 1 aromatic carbocycles. The molecule has 6 heteroatoms. The number of nitrogens with two attached hydrogens (primary N) is 1. The number of allylic oxidation sites excluding steroid dienone is 1. The van der Waals surface area contributed by atoms with Gasteiger partial charge in [-0.25, -0.2) is 0 Å². The normalized spacial score (nSPS) is 14.7. The van der Waals surface area contributed by atoms with E-state index in [0.29, 0.717) is 6.42 Å². The van der Waals surface area contributed by atoms with Gasteiger partial charge in [0, 0.05) is 30.5 Å². The van der Waals surface area contributed by atoms with Crippen LogP contribution in [0.1, 0.15) is 98.7 Å². The highest BCUT2D eigenvalue weighted by Gasteiger charge is 2.22. The van der Waals surface area contributed by atoms with E-state index >= 15 is 0 Å². The van der Waals surface area contributed by atoms with Crippen molar-refractivity contribution in [2.75, 3.05) is 13.1 Å². The highest BCUT2D eigenvalue weighted by atomic mass is 32.2. The van der Waals surface area contributed by atoms with Gasteiger partial charge in [-0.2, -0.15) is 0 Å². The minimum absolute atomic E-state index is 0.0405. The molecule has 1 aliphatic rings. The standard InChI is InChI=1S/C15H19NOS.C8H16N2O.C4H10.C2H6/c1-5-18-15(11(2)3)14-8-6-13(7-9-14)12(4)16-10-17;1-2-3-8(11)10-5-4-7(9)6-10;1-4(2)3;1-2/h5-10,12H,1H2,2-4H3,(H,16,17);7H,2-6,9H2,1H3;4H,1-3H3;1-2H3. The average Bonchev–Trinajstić information content (AvgIpc) is 3.26. The third-order valence-electron chi connectivity index (χ3n) is 4.69. The first-order valence-electron chi connectivity index (χ1n) is 12.9. The number of nitrogens with one attached hydrogen (secondary N) is 1. The van der Waals surface area contributed by atoms with Gasteiger partial charge in [0.05, 0.1) is 6.04 Å². The lowest BCUT2D eigenvalue weighted by molar-refractivity contribution is -0.130. The summed E-state index contributed by atoms with van der Waals surface area (Å²) in [6.07, 6.45) is 3.31. The molecule has 0 aliphatic carbocycles. The summed E-state index contributed by atoms with van der Waals surface area (Å²) in [5.41, 5.74) is 9.22. The van der Waals surface area contributed by atoms with Gasteiger partial charge in [-0.05, 0) is 56.1 Å². The minimum Gasteiger partial charge on any atom is -0.352 e. The van der Waals surface area contributed by atoms with Gasteiger partial charge in [-0.3, -0.25) is 9.59 Å². The Hall–Kier alpha value is -2.05. The zero-order valence-corrected chi connectivity index (χ0v) is 24.5. The molecule has 0 aromatic heterocycles. The van der Waals surface area contributed by atoms with Crippen LogP contribution in [0.3, 0.4) is 0 Å². The first-order valence-corrected chi connectivity index (χ1v) is 13.7. The molecule has 2 rings (SSSR count).